The summed E-state index contributed by atoms with van der Waals surface area (Å²) in [5.74, 6) is 0.586. The first-order valence-corrected chi connectivity index (χ1v) is 7.92. The smallest absolute Gasteiger partial charge is 0.236 e. The lowest BCUT2D eigenvalue weighted by Crippen LogP contribution is -2.45. The zero-order valence-electron chi connectivity index (χ0n) is 13.0. The highest BCUT2D eigenvalue weighted by Crippen LogP contribution is 2.24. The van der Waals surface area contributed by atoms with Crippen LogP contribution in [0.4, 0.5) is 0 Å². The third-order valence-corrected chi connectivity index (χ3v) is 3.81. The molecule has 1 fully saturated rings. The van der Waals surface area contributed by atoms with Crippen molar-refractivity contribution in [3.05, 3.63) is 0 Å². The average Bonchev–Trinajstić information content (AvgIpc) is 2.47. The summed E-state index contributed by atoms with van der Waals surface area (Å²) in [6.07, 6.45) is 5.95. The predicted octanol–water partition coefficient (Wildman–Crippen LogP) is 1.75. The standard InChI is InChI=1S/C15H30N2O3/c1-3-19-15(20-4-2)12-17(14(18)10-16)11-13-8-6-5-7-9-13/h13,15H,3-12,16H2,1-2H3. The van der Waals surface area contributed by atoms with Gasteiger partial charge < -0.3 is 20.1 Å². The van der Waals surface area contributed by atoms with Crippen molar-refractivity contribution in [1.29, 1.82) is 0 Å². The Kier molecular flexibility index (Phi) is 8.82. The van der Waals surface area contributed by atoms with Crippen molar-refractivity contribution in [2.75, 3.05) is 32.8 Å². The lowest BCUT2D eigenvalue weighted by Gasteiger charge is -2.32. The molecular formula is C15H30N2O3. The van der Waals surface area contributed by atoms with E-state index in [2.05, 4.69) is 0 Å². The minimum absolute atomic E-state index is 0.0139. The van der Waals surface area contributed by atoms with Crippen molar-refractivity contribution in [2.24, 2.45) is 11.7 Å². The van der Waals surface area contributed by atoms with E-state index in [1.807, 2.05) is 18.7 Å². The molecule has 118 valence electrons. The fourth-order valence-electron chi connectivity index (χ4n) is 2.79. The third kappa shape index (κ3) is 6.20. The molecule has 0 spiro atoms. The van der Waals surface area contributed by atoms with Crippen LogP contribution in [0.3, 0.4) is 0 Å². The minimum Gasteiger partial charge on any atom is -0.351 e. The third-order valence-electron chi connectivity index (χ3n) is 3.81. The second kappa shape index (κ2) is 10.1. The van der Waals surface area contributed by atoms with E-state index in [9.17, 15) is 4.79 Å². The van der Waals surface area contributed by atoms with Crippen LogP contribution in [0.2, 0.25) is 0 Å². The molecule has 0 aromatic carbocycles. The molecule has 1 rings (SSSR count). The van der Waals surface area contributed by atoms with Gasteiger partial charge in [0.15, 0.2) is 6.29 Å². The average molecular weight is 286 g/mol. The van der Waals surface area contributed by atoms with Crippen LogP contribution in [0, 0.1) is 5.92 Å². The molecular weight excluding hydrogens is 256 g/mol. The Morgan fingerprint density at radius 3 is 2.30 bits per heavy atom. The summed E-state index contributed by atoms with van der Waals surface area (Å²) in [7, 11) is 0. The minimum atomic E-state index is -0.343. The highest BCUT2D eigenvalue weighted by molar-refractivity contribution is 5.78. The SMILES string of the molecule is CCOC(CN(CC1CCCCC1)C(=O)CN)OCC. The maximum absolute atomic E-state index is 12.0. The molecule has 0 heterocycles. The number of carbonyl (C=O) groups is 1. The number of hydrogen-bond donors (Lipinski definition) is 1. The second-order valence-electron chi connectivity index (χ2n) is 5.35. The molecule has 1 aliphatic carbocycles. The van der Waals surface area contributed by atoms with Crippen molar-refractivity contribution >= 4 is 5.91 Å². The van der Waals surface area contributed by atoms with Crippen LogP contribution >= 0.6 is 0 Å². The van der Waals surface area contributed by atoms with Gasteiger partial charge in [-0.1, -0.05) is 19.3 Å². The van der Waals surface area contributed by atoms with E-state index in [0.29, 0.717) is 25.7 Å². The maximum Gasteiger partial charge on any atom is 0.236 e. The number of nitrogens with zero attached hydrogens (tertiary/aromatic N) is 1. The highest BCUT2D eigenvalue weighted by atomic mass is 16.7. The fraction of sp³-hybridized carbons (Fsp3) is 0.933. The molecule has 0 saturated heterocycles. The molecule has 1 aliphatic rings. The van der Waals surface area contributed by atoms with Crippen LogP contribution < -0.4 is 5.73 Å². The van der Waals surface area contributed by atoms with Gasteiger partial charge in [-0.2, -0.15) is 0 Å². The van der Waals surface area contributed by atoms with Gasteiger partial charge in [-0.3, -0.25) is 4.79 Å². The summed E-state index contributed by atoms with van der Waals surface area (Å²) >= 11 is 0. The molecule has 0 aromatic heterocycles. The Bertz CT molecular complexity index is 262. The summed E-state index contributed by atoms with van der Waals surface area (Å²) < 4.78 is 11.1. The van der Waals surface area contributed by atoms with Crippen molar-refractivity contribution in [3.63, 3.8) is 0 Å². The summed E-state index contributed by atoms with van der Waals surface area (Å²) in [6, 6.07) is 0. The molecule has 0 bridgehead atoms. The number of ether oxygens (including phenoxy) is 2. The van der Waals surface area contributed by atoms with Gasteiger partial charge >= 0.3 is 0 Å². The van der Waals surface area contributed by atoms with E-state index < -0.39 is 0 Å². The summed E-state index contributed by atoms with van der Waals surface area (Å²) in [5.41, 5.74) is 5.53. The first-order valence-electron chi connectivity index (χ1n) is 7.92. The molecule has 1 saturated carbocycles. The maximum atomic E-state index is 12.0. The zero-order valence-corrected chi connectivity index (χ0v) is 13.0. The number of nitrogens with two attached hydrogens (primary N) is 1. The quantitative estimate of drug-likeness (QED) is 0.656. The first kappa shape index (κ1) is 17.4. The van der Waals surface area contributed by atoms with Crippen LogP contribution in [-0.4, -0.2) is 49.9 Å². The van der Waals surface area contributed by atoms with Crippen LogP contribution in [-0.2, 0) is 14.3 Å². The second-order valence-corrected chi connectivity index (χ2v) is 5.35. The zero-order chi connectivity index (χ0) is 14.8. The monoisotopic (exact) mass is 286 g/mol. The molecule has 20 heavy (non-hydrogen) atoms. The van der Waals surface area contributed by atoms with E-state index in [0.717, 1.165) is 6.54 Å². The fourth-order valence-corrected chi connectivity index (χ4v) is 2.79. The van der Waals surface area contributed by atoms with Crippen molar-refractivity contribution in [2.45, 2.75) is 52.2 Å². The lowest BCUT2D eigenvalue weighted by atomic mass is 9.89. The largest absolute Gasteiger partial charge is 0.351 e. The van der Waals surface area contributed by atoms with Gasteiger partial charge in [0.05, 0.1) is 13.1 Å². The molecule has 1 amide bonds. The molecule has 0 atom stereocenters. The van der Waals surface area contributed by atoms with Crippen molar-refractivity contribution in [3.8, 4) is 0 Å². The van der Waals surface area contributed by atoms with Gasteiger partial charge in [0.1, 0.15) is 0 Å². The molecule has 0 aliphatic heterocycles. The number of rotatable bonds is 9. The normalized spacial score (nSPS) is 16.6. The van der Waals surface area contributed by atoms with E-state index in [1.54, 1.807) is 0 Å². The van der Waals surface area contributed by atoms with Crippen molar-refractivity contribution in [1.82, 2.24) is 4.90 Å². The Morgan fingerprint density at radius 1 is 1.20 bits per heavy atom. The van der Waals surface area contributed by atoms with Crippen LogP contribution in [0.15, 0.2) is 0 Å². The molecule has 5 heteroatoms. The summed E-state index contributed by atoms with van der Waals surface area (Å²) in [6.45, 7) is 6.35. The summed E-state index contributed by atoms with van der Waals surface area (Å²) in [4.78, 5) is 13.8. The molecule has 0 unspecified atom stereocenters. The van der Waals surface area contributed by atoms with Crippen LogP contribution in [0.25, 0.3) is 0 Å². The topological polar surface area (TPSA) is 64.8 Å². The summed E-state index contributed by atoms with van der Waals surface area (Å²) in [5, 5.41) is 0. The Labute approximate surface area is 122 Å². The van der Waals surface area contributed by atoms with Gasteiger partial charge in [0.2, 0.25) is 5.91 Å². The van der Waals surface area contributed by atoms with E-state index in [4.69, 9.17) is 15.2 Å². The van der Waals surface area contributed by atoms with E-state index >= 15 is 0 Å². The van der Waals surface area contributed by atoms with Gasteiger partial charge in [-0.05, 0) is 32.6 Å². The van der Waals surface area contributed by atoms with Crippen LogP contribution in [0.1, 0.15) is 46.0 Å². The predicted molar refractivity (Wildman–Crippen MR) is 79.2 cm³/mol. The van der Waals surface area contributed by atoms with Gasteiger partial charge in [-0.25, -0.2) is 0 Å². The highest BCUT2D eigenvalue weighted by Gasteiger charge is 2.23. The number of carbonyl (C=O) groups excluding carboxylic acids is 1. The van der Waals surface area contributed by atoms with E-state index in [-0.39, 0.29) is 18.7 Å². The van der Waals surface area contributed by atoms with Crippen molar-refractivity contribution < 1.29 is 14.3 Å². The lowest BCUT2D eigenvalue weighted by molar-refractivity contribution is -0.159. The molecule has 5 nitrogen and oxygen atoms in total. The van der Waals surface area contributed by atoms with Gasteiger partial charge in [-0.15, -0.1) is 0 Å². The molecule has 0 aromatic rings. The Balaban J connectivity index is 2.54. The Hall–Kier alpha value is -0.650. The van der Waals surface area contributed by atoms with E-state index in [1.165, 1.54) is 32.1 Å². The van der Waals surface area contributed by atoms with Gasteiger partial charge in [0.25, 0.3) is 0 Å². The Morgan fingerprint density at radius 2 is 1.80 bits per heavy atom. The molecule has 0 radical (unpaired) electrons. The van der Waals surface area contributed by atoms with Gasteiger partial charge in [0, 0.05) is 19.8 Å². The number of amides is 1. The number of hydrogen-bond acceptors (Lipinski definition) is 4. The first-order chi connectivity index (χ1) is 9.71. The van der Waals surface area contributed by atoms with Crippen LogP contribution in [0.5, 0.6) is 0 Å². The molecule has 2 N–H and O–H groups in total.